The first kappa shape index (κ1) is 15.7. The summed E-state index contributed by atoms with van der Waals surface area (Å²) in [5.41, 5.74) is -0.757. The van der Waals surface area contributed by atoms with Crippen molar-refractivity contribution in [1.82, 2.24) is 15.1 Å². The molecule has 2 atom stereocenters. The number of hydrogen-bond donors (Lipinski definition) is 1. The summed E-state index contributed by atoms with van der Waals surface area (Å²) in [6, 6.07) is 0.415. The molecule has 0 radical (unpaired) electrons. The lowest BCUT2D eigenvalue weighted by Crippen LogP contribution is -2.48. The molecule has 1 aliphatic carbocycles. The summed E-state index contributed by atoms with van der Waals surface area (Å²) in [5, 5.41) is 2.66. The fraction of sp³-hybridized carbons (Fsp3) is 0.875. The summed E-state index contributed by atoms with van der Waals surface area (Å²) in [4.78, 5) is 29.3. The zero-order valence-electron chi connectivity index (χ0n) is 13.6. The molecule has 0 aromatic rings. The number of hydrogen-bond acceptors (Lipinski definition) is 4. The van der Waals surface area contributed by atoms with Gasteiger partial charge >= 0.3 is 0 Å². The summed E-state index contributed by atoms with van der Waals surface area (Å²) < 4.78 is 5.44. The van der Waals surface area contributed by atoms with Gasteiger partial charge in [0.05, 0.1) is 13.2 Å². The van der Waals surface area contributed by atoms with Crippen LogP contribution in [0.25, 0.3) is 0 Å². The summed E-state index contributed by atoms with van der Waals surface area (Å²) in [6.45, 7) is 7.20. The maximum absolute atomic E-state index is 12.8. The lowest BCUT2D eigenvalue weighted by atomic mass is 9.99. The summed E-state index contributed by atoms with van der Waals surface area (Å²) in [7, 11) is 1.62. The van der Waals surface area contributed by atoms with Crippen molar-refractivity contribution < 1.29 is 14.3 Å². The first-order valence-electron chi connectivity index (χ1n) is 8.45. The van der Waals surface area contributed by atoms with Crippen molar-refractivity contribution in [2.75, 3.05) is 46.4 Å². The number of carbonyl (C=O) groups is 2. The van der Waals surface area contributed by atoms with Gasteiger partial charge in [-0.2, -0.15) is 0 Å². The molecule has 2 heterocycles. The monoisotopic (exact) mass is 309 g/mol. The van der Waals surface area contributed by atoms with Crippen molar-refractivity contribution in [3.05, 3.63) is 0 Å². The van der Waals surface area contributed by atoms with E-state index >= 15 is 0 Å². The Morgan fingerprint density at radius 2 is 1.91 bits per heavy atom. The van der Waals surface area contributed by atoms with Crippen molar-refractivity contribution in [2.24, 2.45) is 11.3 Å². The van der Waals surface area contributed by atoms with E-state index in [0.29, 0.717) is 24.8 Å². The Hall–Kier alpha value is -1.14. The number of rotatable bonds is 4. The fourth-order valence-corrected chi connectivity index (χ4v) is 3.95. The van der Waals surface area contributed by atoms with Crippen molar-refractivity contribution in [3.8, 4) is 0 Å². The minimum Gasteiger partial charge on any atom is -0.379 e. The molecule has 3 fully saturated rings. The molecule has 0 aromatic carbocycles. The van der Waals surface area contributed by atoms with Crippen LogP contribution in [0, 0.1) is 11.3 Å². The topological polar surface area (TPSA) is 61.9 Å². The van der Waals surface area contributed by atoms with E-state index in [1.54, 1.807) is 7.05 Å². The Morgan fingerprint density at radius 1 is 1.23 bits per heavy atom. The third kappa shape index (κ3) is 2.63. The summed E-state index contributed by atoms with van der Waals surface area (Å²) in [5.74, 6) is 0.434. The van der Waals surface area contributed by atoms with Gasteiger partial charge in [-0.1, -0.05) is 13.3 Å². The van der Waals surface area contributed by atoms with E-state index in [9.17, 15) is 9.59 Å². The number of morpholine rings is 1. The summed E-state index contributed by atoms with van der Waals surface area (Å²) >= 11 is 0. The number of amides is 2. The molecule has 22 heavy (non-hydrogen) atoms. The highest BCUT2D eigenvalue weighted by Gasteiger charge is 2.58. The molecule has 1 N–H and O–H groups in total. The standard InChI is InChI=1S/C16H27N3O3/c1-3-12-10-19(11-13(12)18-6-8-22-9-7-18)15(21)16(4-5-16)14(20)17-2/h12-13H,3-11H2,1-2H3,(H,17,20)/t12-,13-/m0/s1. The van der Waals surface area contributed by atoms with Gasteiger partial charge in [-0.3, -0.25) is 14.5 Å². The molecular formula is C16H27N3O3. The zero-order chi connectivity index (χ0) is 15.7. The Labute approximate surface area is 132 Å². The molecule has 2 aliphatic heterocycles. The van der Waals surface area contributed by atoms with Crippen LogP contribution in [0.1, 0.15) is 26.2 Å². The molecule has 2 amide bonds. The van der Waals surface area contributed by atoms with Crippen molar-refractivity contribution in [2.45, 2.75) is 32.2 Å². The molecule has 6 heteroatoms. The van der Waals surface area contributed by atoms with Crippen molar-refractivity contribution >= 4 is 11.8 Å². The molecule has 1 saturated carbocycles. The van der Waals surface area contributed by atoms with Gasteiger partial charge in [0.15, 0.2) is 0 Å². The van der Waals surface area contributed by atoms with Gasteiger partial charge in [-0.15, -0.1) is 0 Å². The third-order valence-electron chi connectivity index (χ3n) is 5.55. The molecule has 124 valence electrons. The quantitative estimate of drug-likeness (QED) is 0.747. The Kier molecular flexibility index (Phi) is 4.41. The van der Waals surface area contributed by atoms with E-state index in [0.717, 1.165) is 45.8 Å². The van der Waals surface area contributed by atoms with Crippen LogP contribution in [0.4, 0.5) is 0 Å². The molecule has 6 nitrogen and oxygen atoms in total. The molecule has 2 saturated heterocycles. The number of ether oxygens (including phenoxy) is 1. The third-order valence-corrected chi connectivity index (χ3v) is 5.55. The average molecular weight is 309 g/mol. The predicted molar refractivity (Wildman–Crippen MR) is 82.3 cm³/mol. The molecular weight excluding hydrogens is 282 g/mol. The number of likely N-dealkylation sites (tertiary alicyclic amines) is 1. The molecule has 0 aromatic heterocycles. The first-order chi connectivity index (χ1) is 10.6. The second kappa shape index (κ2) is 6.16. The van der Waals surface area contributed by atoms with E-state index in [-0.39, 0.29) is 11.8 Å². The van der Waals surface area contributed by atoms with Gasteiger partial charge in [0, 0.05) is 39.3 Å². The van der Waals surface area contributed by atoms with Gasteiger partial charge in [0.2, 0.25) is 11.8 Å². The lowest BCUT2D eigenvalue weighted by molar-refractivity contribution is -0.143. The van der Waals surface area contributed by atoms with E-state index in [4.69, 9.17) is 4.74 Å². The smallest absolute Gasteiger partial charge is 0.238 e. The van der Waals surface area contributed by atoms with E-state index in [1.165, 1.54) is 0 Å². The predicted octanol–water partition coefficient (Wildman–Crippen LogP) is 0.0818. The first-order valence-corrected chi connectivity index (χ1v) is 8.45. The highest BCUT2D eigenvalue weighted by molar-refractivity contribution is 6.07. The van der Waals surface area contributed by atoms with Gasteiger partial charge in [0.25, 0.3) is 0 Å². The summed E-state index contributed by atoms with van der Waals surface area (Å²) in [6.07, 6.45) is 2.46. The largest absolute Gasteiger partial charge is 0.379 e. The number of nitrogens with one attached hydrogen (secondary N) is 1. The molecule has 0 bridgehead atoms. The van der Waals surface area contributed by atoms with E-state index in [1.807, 2.05) is 4.90 Å². The van der Waals surface area contributed by atoms with Gasteiger partial charge in [-0.25, -0.2) is 0 Å². The SMILES string of the molecule is CC[C@H]1CN(C(=O)C2(C(=O)NC)CC2)C[C@@H]1N1CCOCC1. The molecule has 3 aliphatic rings. The maximum Gasteiger partial charge on any atom is 0.238 e. The maximum atomic E-state index is 12.8. The Balaban J connectivity index is 1.68. The number of carbonyl (C=O) groups excluding carboxylic acids is 2. The second-order valence-corrected chi connectivity index (χ2v) is 6.76. The van der Waals surface area contributed by atoms with Crippen LogP contribution in [0.5, 0.6) is 0 Å². The minimum absolute atomic E-state index is 0.0426. The zero-order valence-corrected chi connectivity index (χ0v) is 13.6. The van der Waals surface area contributed by atoms with Crippen LogP contribution in [0.2, 0.25) is 0 Å². The van der Waals surface area contributed by atoms with E-state index in [2.05, 4.69) is 17.1 Å². The van der Waals surface area contributed by atoms with Gasteiger partial charge < -0.3 is 15.0 Å². The second-order valence-electron chi connectivity index (χ2n) is 6.76. The van der Waals surface area contributed by atoms with Crippen molar-refractivity contribution in [1.29, 1.82) is 0 Å². The molecule has 0 unspecified atom stereocenters. The highest BCUT2D eigenvalue weighted by Crippen LogP contribution is 2.48. The molecule has 0 spiro atoms. The van der Waals surface area contributed by atoms with Crippen LogP contribution >= 0.6 is 0 Å². The van der Waals surface area contributed by atoms with Crippen LogP contribution in [0.15, 0.2) is 0 Å². The van der Waals surface area contributed by atoms with Gasteiger partial charge in [-0.05, 0) is 18.8 Å². The van der Waals surface area contributed by atoms with Crippen LogP contribution in [-0.2, 0) is 14.3 Å². The van der Waals surface area contributed by atoms with Crippen LogP contribution < -0.4 is 5.32 Å². The lowest BCUT2D eigenvalue weighted by Gasteiger charge is -2.34. The average Bonchev–Trinajstić information content (AvgIpc) is 3.27. The Bertz CT molecular complexity index is 444. The van der Waals surface area contributed by atoms with Crippen LogP contribution in [0.3, 0.4) is 0 Å². The number of nitrogens with zero attached hydrogens (tertiary/aromatic N) is 2. The minimum atomic E-state index is -0.757. The molecule has 3 rings (SSSR count). The normalized spacial score (nSPS) is 31.1. The van der Waals surface area contributed by atoms with Gasteiger partial charge in [0.1, 0.15) is 5.41 Å². The van der Waals surface area contributed by atoms with Crippen LogP contribution in [-0.4, -0.2) is 74.1 Å². The fourth-order valence-electron chi connectivity index (χ4n) is 3.95. The Morgan fingerprint density at radius 3 is 2.45 bits per heavy atom. The highest BCUT2D eigenvalue weighted by atomic mass is 16.5. The van der Waals surface area contributed by atoms with E-state index < -0.39 is 5.41 Å². The van der Waals surface area contributed by atoms with Crippen molar-refractivity contribution in [3.63, 3.8) is 0 Å².